The van der Waals surface area contributed by atoms with Crippen molar-refractivity contribution in [2.75, 3.05) is 32.7 Å². The average molecular weight is 220 g/mol. The number of rotatable bonds is 2. The maximum atomic E-state index is 11.2. The van der Waals surface area contributed by atoms with E-state index in [9.17, 15) is 4.79 Å². The number of halogens is 1. The molecule has 2 rings (SSSR count). The zero-order valence-corrected chi connectivity index (χ0v) is 9.11. The lowest BCUT2D eigenvalue weighted by molar-refractivity contribution is 0.201. The van der Waals surface area contributed by atoms with Crippen molar-refractivity contribution >= 4 is 18.4 Å². The SMILES string of the molecule is Cl.O=C1NCCN1CC1CCNCC1. The van der Waals surface area contributed by atoms with Gasteiger partial charge in [-0.2, -0.15) is 0 Å². The Morgan fingerprint density at radius 3 is 2.57 bits per heavy atom. The van der Waals surface area contributed by atoms with Crippen LogP contribution in [0.3, 0.4) is 0 Å². The number of hydrogen-bond acceptors (Lipinski definition) is 2. The van der Waals surface area contributed by atoms with Crippen LogP contribution in [0.2, 0.25) is 0 Å². The van der Waals surface area contributed by atoms with Gasteiger partial charge in [-0.3, -0.25) is 0 Å². The molecule has 82 valence electrons. The van der Waals surface area contributed by atoms with E-state index in [1.54, 1.807) is 0 Å². The molecule has 0 aliphatic carbocycles. The van der Waals surface area contributed by atoms with E-state index in [4.69, 9.17) is 0 Å². The Hall–Kier alpha value is -0.480. The van der Waals surface area contributed by atoms with Crippen LogP contribution in [0.1, 0.15) is 12.8 Å². The van der Waals surface area contributed by atoms with Gasteiger partial charge in [-0.25, -0.2) is 4.79 Å². The largest absolute Gasteiger partial charge is 0.336 e. The smallest absolute Gasteiger partial charge is 0.317 e. The van der Waals surface area contributed by atoms with E-state index >= 15 is 0 Å². The molecule has 0 spiro atoms. The van der Waals surface area contributed by atoms with E-state index in [0.29, 0.717) is 5.92 Å². The first-order valence-electron chi connectivity index (χ1n) is 5.10. The zero-order chi connectivity index (χ0) is 9.10. The summed E-state index contributed by atoms with van der Waals surface area (Å²) in [6.45, 7) is 4.89. The summed E-state index contributed by atoms with van der Waals surface area (Å²) in [4.78, 5) is 13.2. The third kappa shape index (κ3) is 2.75. The molecule has 0 saturated carbocycles. The summed E-state index contributed by atoms with van der Waals surface area (Å²) in [6.07, 6.45) is 2.42. The van der Waals surface area contributed by atoms with Crippen molar-refractivity contribution in [2.24, 2.45) is 5.92 Å². The van der Waals surface area contributed by atoms with Crippen LogP contribution in [-0.2, 0) is 0 Å². The van der Waals surface area contributed by atoms with E-state index < -0.39 is 0 Å². The Labute approximate surface area is 90.8 Å². The molecule has 0 unspecified atom stereocenters. The third-order valence-corrected chi connectivity index (χ3v) is 2.88. The van der Waals surface area contributed by atoms with Gasteiger partial charge < -0.3 is 15.5 Å². The Morgan fingerprint density at radius 2 is 2.00 bits per heavy atom. The van der Waals surface area contributed by atoms with Gasteiger partial charge in [0, 0.05) is 19.6 Å². The van der Waals surface area contributed by atoms with Crippen molar-refractivity contribution in [1.82, 2.24) is 15.5 Å². The molecule has 0 aromatic heterocycles. The highest BCUT2D eigenvalue weighted by molar-refractivity contribution is 5.85. The first-order chi connectivity index (χ1) is 6.36. The number of carbonyl (C=O) groups is 1. The summed E-state index contributed by atoms with van der Waals surface area (Å²) >= 11 is 0. The van der Waals surface area contributed by atoms with E-state index in [0.717, 1.165) is 32.7 Å². The molecule has 0 aromatic rings. The molecule has 4 nitrogen and oxygen atoms in total. The Bertz CT molecular complexity index is 194. The molecule has 2 aliphatic heterocycles. The van der Waals surface area contributed by atoms with E-state index in [1.165, 1.54) is 12.8 Å². The molecule has 2 N–H and O–H groups in total. The molecule has 2 saturated heterocycles. The van der Waals surface area contributed by atoms with Gasteiger partial charge in [0.15, 0.2) is 0 Å². The maximum absolute atomic E-state index is 11.2. The third-order valence-electron chi connectivity index (χ3n) is 2.88. The normalized spacial score (nSPS) is 23.1. The van der Waals surface area contributed by atoms with Crippen LogP contribution in [0, 0.1) is 5.92 Å². The number of amides is 2. The first kappa shape index (κ1) is 11.6. The standard InChI is InChI=1S/C9H17N3O.ClH/c13-9-11-5-6-12(9)7-8-1-3-10-4-2-8;/h8,10H,1-7H2,(H,11,13);1H. The lowest BCUT2D eigenvalue weighted by Crippen LogP contribution is -2.37. The topological polar surface area (TPSA) is 44.4 Å². The molecular weight excluding hydrogens is 202 g/mol. The molecular formula is C9H18ClN3O. The number of hydrogen-bond donors (Lipinski definition) is 2. The minimum atomic E-state index is 0. The zero-order valence-electron chi connectivity index (χ0n) is 8.29. The summed E-state index contributed by atoms with van der Waals surface area (Å²) in [5.41, 5.74) is 0. The Morgan fingerprint density at radius 1 is 1.29 bits per heavy atom. The number of urea groups is 1. The fourth-order valence-electron chi connectivity index (χ4n) is 2.06. The summed E-state index contributed by atoms with van der Waals surface area (Å²) < 4.78 is 0. The molecule has 2 heterocycles. The second-order valence-corrected chi connectivity index (χ2v) is 3.87. The van der Waals surface area contributed by atoms with Crippen LogP contribution in [0.15, 0.2) is 0 Å². The second kappa shape index (κ2) is 5.41. The highest BCUT2D eigenvalue weighted by Gasteiger charge is 2.23. The van der Waals surface area contributed by atoms with Crippen LogP contribution in [-0.4, -0.2) is 43.7 Å². The molecule has 2 aliphatic rings. The van der Waals surface area contributed by atoms with Crippen LogP contribution in [0.5, 0.6) is 0 Å². The summed E-state index contributed by atoms with van der Waals surface area (Å²) in [5.74, 6) is 0.713. The number of piperidine rings is 1. The van der Waals surface area contributed by atoms with Crippen LogP contribution in [0.4, 0.5) is 4.79 Å². The highest BCUT2D eigenvalue weighted by atomic mass is 35.5. The lowest BCUT2D eigenvalue weighted by atomic mass is 9.98. The molecule has 0 atom stereocenters. The van der Waals surface area contributed by atoms with Crippen molar-refractivity contribution in [2.45, 2.75) is 12.8 Å². The molecule has 2 fully saturated rings. The van der Waals surface area contributed by atoms with Gasteiger partial charge >= 0.3 is 6.03 Å². The molecule has 5 heteroatoms. The average Bonchev–Trinajstić information content (AvgIpc) is 2.54. The quantitative estimate of drug-likeness (QED) is 0.708. The van der Waals surface area contributed by atoms with Gasteiger partial charge in [0.2, 0.25) is 0 Å². The van der Waals surface area contributed by atoms with Gasteiger partial charge in [0.25, 0.3) is 0 Å². The second-order valence-electron chi connectivity index (χ2n) is 3.87. The fourth-order valence-corrected chi connectivity index (χ4v) is 2.06. The minimum Gasteiger partial charge on any atom is -0.336 e. The molecule has 0 bridgehead atoms. The summed E-state index contributed by atoms with van der Waals surface area (Å²) in [7, 11) is 0. The van der Waals surface area contributed by atoms with Gasteiger partial charge in [-0.1, -0.05) is 0 Å². The van der Waals surface area contributed by atoms with Gasteiger partial charge in [0.05, 0.1) is 0 Å². The highest BCUT2D eigenvalue weighted by Crippen LogP contribution is 2.14. The van der Waals surface area contributed by atoms with Crippen molar-refractivity contribution < 1.29 is 4.79 Å². The minimum absolute atomic E-state index is 0. The summed E-state index contributed by atoms with van der Waals surface area (Å²) in [6, 6.07) is 0.124. The van der Waals surface area contributed by atoms with Crippen molar-refractivity contribution in [3.8, 4) is 0 Å². The first-order valence-corrected chi connectivity index (χ1v) is 5.10. The molecule has 0 aromatic carbocycles. The van der Waals surface area contributed by atoms with Gasteiger partial charge in [-0.15, -0.1) is 12.4 Å². The predicted octanol–water partition coefficient (Wildman–Crippen LogP) is 0.433. The van der Waals surface area contributed by atoms with E-state index in [-0.39, 0.29) is 18.4 Å². The van der Waals surface area contributed by atoms with Crippen LogP contribution < -0.4 is 10.6 Å². The number of nitrogens with one attached hydrogen (secondary N) is 2. The van der Waals surface area contributed by atoms with Crippen molar-refractivity contribution in [1.29, 1.82) is 0 Å². The Kier molecular flexibility index (Phi) is 4.48. The fraction of sp³-hybridized carbons (Fsp3) is 0.889. The molecule has 14 heavy (non-hydrogen) atoms. The van der Waals surface area contributed by atoms with Gasteiger partial charge in [0.1, 0.15) is 0 Å². The Balaban J connectivity index is 0.000000980. The number of carbonyl (C=O) groups excluding carboxylic acids is 1. The molecule has 0 radical (unpaired) electrons. The van der Waals surface area contributed by atoms with E-state index in [2.05, 4.69) is 10.6 Å². The lowest BCUT2D eigenvalue weighted by Gasteiger charge is -2.26. The predicted molar refractivity (Wildman–Crippen MR) is 57.8 cm³/mol. The van der Waals surface area contributed by atoms with Gasteiger partial charge in [-0.05, 0) is 31.8 Å². The van der Waals surface area contributed by atoms with Crippen molar-refractivity contribution in [3.05, 3.63) is 0 Å². The van der Waals surface area contributed by atoms with Crippen LogP contribution in [0.25, 0.3) is 0 Å². The molecule has 2 amide bonds. The van der Waals surface area contributed by atoms with E-state index in [1.807, 2.05) is 4.90 Å². The van der Waals surface area contributed by atoms with Crippen LogP contribution >= 0.6 is 12.4 Å². The summed E-state index contributed by atoms with van der Waals surface area (Å²) in [5, 5.41) is 6.16. The number of nitrogens with zero attached hydrogens (tertiary/aromatic N) is 1. The van der Waals surface area contributed by atoms with Crippen molar-refractivity contribution in [3.63, 3.8) is 0 Å². The maximum Gasteiger partial charge on any atom is 0.317 e. The monoisotopic (exact) mass is 219 g/mol.